The summed E-state index contributed by atoms with van der Waals surface area (Å²) in [6, 6.07) is 4.49. The lowest BCUT2D eigenvalue weighted by molar-refractivity contribution is 0.0719. The molecule has 2 unspecified atom stereocenters. The van der Waals surface area contributed by atoms with Crippen molar-refractivity contribution in [2.75, 3.05) is 27.2 Å². The van der Waals surface area contributed by atoms with E-state index < -0.39 is 0 Å². The molecule has 1 aromatic carbocycles. The van der Waals surface area contributed by atoms with Gasteiger partial charge in [-0.3, -0.25) is 4.90 Å². The van der Waals surface area contributed by atoms with Crippen LogP contribution in [-0.4, -0.2) is 38.3 Å². The first kappa shape index (κ1) is 15.4. The topological polar surface area (TPSA) is 38.5 Å². The Kier molecular flexibility index (Phi) is 6.02. The van der Waals surface area contributed by atoms with Gasteiger partial charge in [-0.25, -0.2) is 4.39 Å². The number of nitrogens with two attached hydrogens (primary N) is 1. The lowest BCUT2D eigenvalue weighted by atomic mass is 10.0. The van der Waals surface area contributed by atoms with Crippen LogP contribution in [0.5, 0.6) is 0 Å². The molecule has 2 N–H and O–H groups in total. The molecule has 0 aliphatic heterocycles. The molecule has 1 aromatic rings. The number of halogens is 2. The van der Waals surface area contributed by atoms with Crippen LogP contribution in [-0.2, 0) is 4.74 Å². The smallest absolute Gasteiger partial charge is 0.129 e. The molecule has 0 heterocycles. The number of methoxy groups -OCH3 is 1. The normalized spacial score (nSPS) is 14.8. The highest BCUT2D eigenvalue weighted by Gasteiger charge is 2.20. The summed E-state index contributed by atoms with van der Waals surface area (Å²) in [7, 11) is 3.56. The van der Waals surface area contributed by atoms with E-state index in [2.05, 4.69) is 0 Å². The largest absolute Gasteiger partial charge is 0.380 e. The van der Waals surface area contributed by atoms with Crippen LogP contribution >= 0.6 is 11.6 Å². The van der Waals surface area contributed by atoms with Gasteiger partial charge in [0.15, 0.2) is 0 Å². The van der Waals surface area contributed by atoms with Gasteiger partial charge in [0.2, 0.25) is 0 Å². The lowest BCUT2D eigenvalue weighted by Gasteiger charge is -2.29. The van der Waals surface area contributed by atoms with Crippen LogP contribution in [0.3, 0.4) is 0 Å². The zero-order chi connectivity index (χ0) is 13.7. The molecule has 102 valence electrons. The Morgan fingerprint density at radius 3 is 2.67 bits per heavy atom. The third-order valence-electron chi connectivity index (χ3n) is 3.02. The highest BCUT2D eigenvalue weighted by Crippen LogP contribution is 2.24. The molecular weight excluding hydrogens is 255 g/mol. The number of ether oxygens (including phenoxy) is 1. The van der Waals surface area contributed by atoms with Gasteiger partial charge in [0, 0.05) is 36.8 Å². The Bertz CT molecular complexity index is 389. The minimum Gasteiger partial charge on any atom is -0.380 e. The maximum Gasteiger partial charge on any atom is 0.129 e. The Morgan fingerprint density at radius 2 is 2.17 bits per heavy atom. The monoisotopic (exact) mass is 274 g/mol. The van der Waals surface area contributed by atoms with Gasteiger partial charge in [0.1, 0.15) is 5.82 Å². The molecule has 0 bridgehead atoms. The summed E-state index contributed by atoms with van der Waals surface area (Å²) >= 11 is 5.75. The van der Waals surface area contributed by atoms with Crippen molar-refractivity contribution in [2.24, 2.45) is 5.73 Å². The average Bonchev–Trinajstić information content (AvgIpc) is 2.32. The molecule has 0 saturated heterocycles. The molecule has 1 rings (SSSR count). The van der Waals surface area contributed by atoms with Gasteiger partial charge in [0.25, 0.3) is 0 Å². The molecule has 0 saturated carbocycles. The maximum absolute atomic E-state index is 13.9. The van der Waals surface area contributed by atoms with Gasteiger partial charge < -0.3 is 10.5 Å². The zero-order valence-corrected chi connectivity index (χ0v) is 11.7. The number of rotatable bonds is 6. The SMILES string of the molecule is COC(C)CN(C)C(CN)c1ccc(Cl)cc1F. The summed E-state index contributed by atoms with van der Waals surface area (Å²) in [6.45, 7) is 2.98. The first-order chi connectivity index (χ1) is 8.49. The average molecular weight is 275 g/mol. The second-order valence-corrected chi connectivity index (χ2v) is 4.84. The van der Waals surface area contributed by atoms with Crippen molar-refractivity contribution in [3.63, 3.8) is 0 Å². The molecule has 5 heteroatoms. The second-order valence-electron chi connectivity index (χ2n) is 4.40. The highest BCUT2D eigenvalue weighted by molar-refractivity contribution is 6.30. The fraction of sp³-hybridized carbons (Fsp3) is 0.538. The lowest BCUT2D eigenvalue weighted by Crippen LogP contribution is -2.36. The van der Waals surface area contributed by atoms with Crippen LogP contribution < -0.4 is 5.73 Å². The summed E-state index contributed by atoms with van der Waals surface area (Å²) in [6.07, 6.45) is 0.0689. The highest BCUT2D eigenvalue weighted by atomic mass is 35.5. The van der Waals surface area contributed by atoms with E-state index in [-0.39, 0.29) is 18.0 Å². The number of hydrogen-bond donors (Lipinski definition) is 1. The zero-order valence-electron chi connectivity index (χ0n) is 11.0. The molecule has 0 radical (unpaired) electrons. The van der Waals surface area contributed by atoms with Crippen LogP contribution in [0.2, 0.25) is 5.02 Å². The predicted octanol–water partition coefficient (Wildman–Crippen LogP) is 2.45. The summed E-state index contributed by atoms with van der Waals surface area (Å²) < 4.78 is 19.1. The summed E-state index contributed by atoms with van der Waals surface area (Å²) in [5, 5.41) is 0.389. The maximum atomic E-state index is 13.9. The van der Waals surface area contributed by atoms with E-state index in [9.17, 15) is 4.39 Å². The molecule has 0 spiro atoms. The Morgan fingerprint density at radius 1 is 1.50 bits per heavy atom. The molecule has 0 fully saturated rings. The Balaban J connectivity index is 2.88. The van der Waals surface area contributed by atoms with E-state index >= 15 is 0 Å². The Labute approximate surface area is 113 Å². The first-order valence-electron chi connectivity index (χ1n) is 5.87. The van der Waals surface area contributed by atoms with Crippen LogP contribution in [0, 0.1) is 5.82 Å². The first-order valence-corrected chi connectivity index (χ1v) is 6.25. The predicted molar refractivity (Wildman–Crippen MR) is 72.3 cm³/mol. The van der Waals surface area contributed by atoms with E-state index in [1.165, 1.54) is 6.07 Å². The fourth-order valence-corrected chi connectivity index (χ4v) is 2.08. The summed E-state index contributed by atoms with van der Waals surface area (Å²) in [4.78, 5) is 1.99. The molecule has 3 nitrogen and oxygen atoms in total. The minimum atomic E-state index is -0.324. The van der Waals surface area contributed by atoms with Gasteiger partial charge in [-0.1, -0.05) is 17.7 Å². The quantitative estimate of drug-likeness (QED) is 0.866. The summed E-state index contributed by atoms with van der Waals surface area (Å²) in [5.41, 5.74) is 6.31. The number of benzene rings is 1. The van der Waals surface area contributed by atoms with Crippen molar-refractivity contribution < 1.29 is 9.13 Å². The van der Waals surface area contributed by atoms with Gasteiger partial charge in [0.05, 0.1) is 6.10 Å². The van der Waals surface area contributed by atoms with Gasteiger partial charge in [-0.2, -0.15) is 0 Å². The van der Waals surface area contributed by atoms with Crippen LogP contribution in [0.15, 0.2) is 18.2 Å². The molecule has 0 aromatic heterocycles. The number of nitrogens with zero attached hydrogens (tertiary/aromatic N) is 1. The third-order valence-corrected chi connectivity index (χ3v) is 3.26. The van der Waals surface area contributed by atoms with Crippen LogP contribution in [0.4, 0.5) is 4.39 Å². The number of likely N-dealkylation sites (N-methyl/N-ethyl adjacent to an activating group) is 1. The summed E-state index contributed by atoms with van der Waals surface area (Å²) in [5.74, 6) is -0.324. The van der Waals surface area contributed by atoms with Crippen molar-refractivity contribution in [3.8, 4) is 0 Å². The van der Waals surface area contributed by atoms with E-state index in [1.807, 2.05) is 18.9 Å². The van der Waals surface area contributed by atoms with E-state index in [1.54, 1.807) is 19.2 Å². The van der Waals surface area contributed by atoms with Crippen LogP contribution in [0.25, 0.3) is 0 Å². The van der Waals surface area contributed by atoms with Crippen molar-refractivity contribution in [1.82, 2.24) is 4.90 Å². The van der Waals surface area contributed by atoms with Gasteiger partial charge in [-0.15, -0.1) is 0 Å². The van der Waals surface area contributed by atoms with E-state index in [0.717, 1.165) is 0 Å². The molecule has 0 aliphatic carbocycles. The van der Waals surface area contributed by atoms with Crippen LogP contribution in [0.1, 0.15) is 18.5 Å². The fourth-order valence-electron chi connectivity index (χ4n) is 1.92. The Hall–Kier alpha value is -0.680. The number of hydrogen-bond acceptors (Lipinski definition) is 3. The second kappa shape index (κ2) is 7.04. The van der Waals surface area contributed by atoms with Gasteiger partial charge >= 0.3 is 0 Å². The molecule has 0 amide bonds. The van der Waals surface area contributed by atoms with E-state index in [4.69, 9.17) is 22.1 Å². The molecule has 0 aliphatic rings. The third kappa shape index (κ3) is 3.92. The molecule has 2 atom stereocenters. The minimum absolute atomic E-state index is 0.0689. The molecular formula is C13H20ClFN2O. The van der Waals surface area contributed by atoms with Crippen molar-refractivity contribution >= 4 is 11.6 Å². The van der Waals surface area contributed by atoms with Crippen molar-refractivity contribution in [3.05, 3.63) is 34.6 Å². The standard InChI is InChI=1S/C13H20ClFN2O/c1-9(18-3)8-17(2)13(7-16)11-5-4-10(14)6-12(11)15/h4-6,9,13H,7-8,16H2,1-3H3. The molecule has 18 heavy (non-hydrogen) atoms. The van der Waals surface area contributed by atoms with Gasteiger partial charge in [-0.05, 0) is 26.1 Å². The van der Waals surface area contributed by atoms with E-state index in [0.29, 0.717) is 23.7 Å². The van der Waals surface area contributed by atoms with Crippen molar-refractivity contribution in [1.29, 1.82) is 0 Å². The van der Waals surface area contributed by atoms with Crippen molar-refractivity contribution in [2.45, 2.75) is 19.1 Å².